The van der Waals surface area contributed by atoms with E-state index in [2.05, 4.69) is 24.1 Å². The first-order valence-corrected chi connectivity index (χ1v) is 6.29. The first kappa shape index (κ1) is 11.4. The van der Waals surface area contributed by atoms with E-state index in [1.807, 2.05) is 0 Å². The van der Waals surface area contributed by atoms with E-state index in [1.165, 1.54) is 12.8 Å². The molecule has 1 saturated heterocycles. The van der Waals surface area contributed by atoms with Crippen molar-refractivity contribution in [3.05, 3.63) is 0 Å². The molecule has 2 aliphatic rings. The largest absolute Gasteiger partial charge is 0.388 e. The molecule has 0 spiro atoms. The molecule has 1 saturated carbocycles. The third-order valence-corrected chi connectivity index (χ3v) is 3.76. The Balaban J connectivity index is 1.74. The van der Waals surface area contributed by atoms with E-state index in [0.717, 1.165) is 32.5 Å². The molecule has 0 unspecified atom stereocenters. The van der Waals surface area contributed by atoms with Gasteiger partial charge in [-0.2, -0.15) is 0 Å². The molecule has 3 nitrogen and oxygen atoms in total. The van der Waals surface area contributed by atoms with Crippen LogP contribution in [0.25, 0.3) is 0 Å². The molecule has 0 bridgehead atoms. The summed E-state index contributed by atoms with van der Waals surface area (Å²) in [6.45, 7) is 7.34. The van der Waals surface area contributed by atoms with Crippen molar-refractivity contribution in [2.24, 2.45) is 0 Å². The van der Waals surface area contributed by atoms with E-state index in [9.17, 15) is 5.11 Å². The normalized spacial score (nSPS) is 27.2. The highest BCUT2D eigenvalue weighted by molar-refractivity contribution is 4.91. The van der Waals surface area contributed by atoms with Gasteiger partial charge in [0.25, 0.3) is 0 Å². The number of nitrogens with zero attached hydrogens (tertiary/aromatic N) is 1. The summed E-state index contributed by atoms with van der Waals surface area (Å²) in [6, 6.07) is 1.32. The van der Waals surface area contributed by atoms with Crippen molar-refractivity contribution in [1.29, 1.82) is 0 Å². The van der Waals surface area contributed by atoms with Crippen molar-refractivity contribution in [1.82, 2.24) is 10.2 Å². The Bertz CT molecular complexity index is 206. The zero-order chi connectivity index (χ0) is 10.9. The number of hydrogen-bond donors (Lipinski definition) is 2. The van der Waals surface area contributed by atoms with Gasteiger partial charge in [0.15, 0.2) is 0 Å². The second-order valence-corrected chi connectivity index (χ2v) is 5.51. The van der Waals surface area contributed by atoms with Crippen LogP contribution in [0.2, 0.25) is 0 Å². The van der Waals surface area contributed by atoms with Crippen molar-refractivity contribution in [2.45, 2.75) is 57.2 Å². The molecule has 2 N–H and O–H groups in total. The number of likely N-dealkylation sites (tertiary alicyclic amines) is 1. The van der Waals surface area contributed by atoms with Crippen LogP contribution in [0.3, 0.4) is 0 Å². The molecule has 1 aliphatic heterocycles. The standard InChI is InChI=1S/C12H24N2O/c1-10(2)14-7-5-12(15,6-8-14)9-13-11-3-4-11/h10-11,13,15H,3-9H2,1-2H3. The van der Waals surface area contributed by atoms with Gasteiger partial charge < -0.3 is 15.3 Å². The summed E-state index contributed by atoms with van der Waals surface area (Å²) in [6.07, 6.45) is 4.44. The minimum Gasteiger partial charge on any atom is -0.388 e. The highest BCUT2D eigenvalue weighted by Crippen LogP contribution is 2.25. The summed E-state index contributed by atoms with van der Waals surface area (Å²) < 4.78 is 0. The lowest BCUT2D eigenvalue weighted by Crippen LogP contribution is -2.51. The van der Waals surface area contributed by atoms with Crippen molar-refractivity contribution in [3.63, 3.8) is 0 Å². The fourth-order valence-corrected chi connectivity index (χ4v) is 2.26. The Kier molecular flexibility index (Phi) is 3.33. The van der Waals surface area contributed by atoms with Crippen LogP contribution in [0.1, 0.15) is 39.5 Å². The van der Waals surface area contributed by atoms with Gasteiger partial charge in [-0.1, -0.05) is 0 Å². The smallest absolute Gasteiger partial charge is 0.0796 e. The maximum absolute atomic E-state index is 10.4. The Morgan fingerprint density at radius 2 is 1.93 bits per heavy atom. The van der Waals surface area contributed by atoms with Crippen LogP contribution in [-0.4, -0.2) is 47.3 Å². The molecule has 0 atom stereocenters. The maximum Gasteiger partial charge on any atom is 0.0796 e. The predicted molar refractivity (Wildman–Crippen MR) is 61.9 cm³/mol. The summed E-state index contributed by atoms with van der Waals surface area (Å²) >= 11 is 0. The Morgan fingerprint density at radius 3 is 2.40 bits per heavy atom. The van der Waals surface area contributed by atoms with Crippen LogP contribution in [0.5, 0.6) is 0 Å². The molecule has 3 heteroatoms. The molecule has 0 amide bonds. The minimum atomic E-state index is -0.437. The van der Waals surface area contributed by atoms with Crippen molar-refractivity contribution in [2.75, 3.05) is 19.6 Å². The molecular weight excluding hydrogens is 188 g/mol. The second kappa shape index (κ2) is 4.40. The third kappa shape index (κ3) is 3.16. The summed E-state index contributed by atoms with van der Waals surface area (Å²) in [5.74, 6) is 0. The van der Waals surface area contributed by atoms with Gasteiger partial charge in [0.1, 0.15) is 0 Å². The molecule has 15 heavy (non-hydrogen) atoms. The van der Waals surface area contributed by atoms with E-state index < -0.39 is 5.60 Å². The molecule has 1 heterocycles. The van der Waals surface area contributed by atoms with E-state index in [4.69, 9.17) is 0 Å². The predicted octanol–water partition coefficient (Wildman–Crippen LogP) is 0.974. The minimum absolute atomic E-state index is 0.437. The monoisotopic (exact) mass is 212 g/mol. The van der Waals surface area contributed by atoms with Gasteiger partial charge in [0.2, 0.25) is 0 Å². The zero-order valence-corrected chi connectivity index (χ0v) is 10.00. The highest BCUT2D eigenvalue weighted by Gasteiger charge is 2.34. The third-order valence-electron chi connectivity index (χ3n) is 3.76. The average molecular weight is 212 g/mol. The Hall–Kier alpha value is -0.120. The Labute approximate surface area is 92.8 Å². The van der Waals surface area contributed by atoms with Crippen LogP contribution in [0.15, 0.2) is 0 Å². The van der Waals surface area contributed by atoms with Gasteiger partial charge >= 0.3 is 0 Å². The van der Waals surface area contributed by atoms with Crippen LogP contribution in [-0.2, 0) is 0 Å². The maximum atomic E-state index is 10.4. The first-order valence-electron chi connectivity index (χ1n) is 6.29. The number of rotatable bonds is 4. The van der Waals surface area contributed by atoms with Gasteiger partial charge in [0.05, 0.1) is 5.60 Å². The molecule has 2 rings (SSSR count). The SMILES string of the molecule is CC(C)N1CCC(O)(CNC2CC2)CC1. The van der Waals surface area contributed by atoms with Crippen molar-refractivity contribution >= 4 is 0 Å². The highest BCUT2D eigenvalue weighted by atomic mass is 16.3. The van der Waals surface area contributed by atoms with Crippen LogP contribution < -0.4 is 5.32 Å². The molecule has 0 aromatic rings. The molecule has 1 aliphatic carbocycles. The van der Waals surface area contributed by atoms with Crippen molar-refractivity contribution < 1.29 is 5.11 Å². The quantitative estimate of drug-likeness (QED) is 0.729. The van der Waals surface area contributed by atoms with E-state index >= 15 is 0 Å². The topological polar surface area (TPSA) is 35.5 Å². The summed E-state index contributed by atoms with van der Waals surface area (Å²) in [7, 11) is 0. The lowest BCUT2D eigenvalue weighted by Gasteiger charge is -2.40. The average Bonchev–Trinajstić information content (AvgIpc) is 2.99. The van der Waals surface area contributed by atoms with E-state index in [0.29, 0.717) is 12.1 Å². The number of hydrogen-bond acceptors (Lipinski definition) is 3. The summed E-state index contributed by atoms with van der Waals surface area (Å²) in [5, 5.41) is 13.8. The number of piperidine rings is 1. The van der Waals surface area contributed by atoms with Crippen LogP contribution in [0.4, 0.5) is 0 Å². The van der Waals surface area contributed by atoms with Gasteiger partial charge in [-0.05, 0) is 39.5 Å². The number of nitrogens with one attached hydrogen (secondary N) is 1. The van der Waals surface area contributed by atoms with Gasteiger partial charge in [-0.3, -0.25) is 0 Å². The van der Waals surface area contributed by atoms with Gasteiger partial charge in [0, 0.05) is 31.7 Å². The molecule has 88 valence electrons. The van der Waals surface area contributed by atoms with Gasteiger partial charge in [-0.15, -0.1) is 0 Å². The Morgan fingerprint density at radius 1 is 1.33 bits per heavy atom. The van der Waals surface area contributed by atoms with Gasteiger partial charge in [-0.25, -0.2) is 0 Å². The first-order chi connectivity index (χ1) is 7.09. The fraction of sp³-hybridized carbons (Fsp3) is 1.00. The molecule has 0 aromatic heterocycles. The summed E-state index contributed by atoms with van der Waals surface area (Å²) in [5.41, 5.74) is -0.437. The fourth-order valence-electron chi connectivity index (χ4n) is 2.26. The lowest BCUT2D eigenvalue weighted by molar-refractivity contribution is -0.0265. The zero-order valence-electron chi connectivity index (χ0n) is 10.00. The second-order valence-electron chi connectivity index (χ2n) is 5.51. The number of aliphatic hydroxyl groups is 1. The van der Waals surface area contributed by atoms with Crippen molar-refractivity contribution in [3.8, 4) is 0 Å². The molecular formula is C12H24N2O. The summed E-state index contributed by atoms with van der Waals surface area (Å²) in [4.78, 5) is 2.45. The van der Waals surface area contributed by atoms with Crippen LogP contribution >= 0.6 is 0 Å². The van der Waals surface area contributed by atoms with E-state index in [-0.39, 0.29) is 0 Å². The molecule has 0 aromatic carbocycles. The van der Waals surface area contributed by atoms with E-state index in [1.54, 1.807) is 0 Å². The molecule has 0 radical (unpaired) electrons. The molecule has 2 fully saturated rings. The van der Waals surface area contributed by atoms with Crippen LogP contribution in [0, 0.1) is 0 Å². The lowest BCUT2D eigenvalue weighted by atomic mass is 9.90.